The molecule has 108 valence electrons. The summed E-state index contributed by atoms with van der Waals surface area (Å²) in [5, 5.41) is 0. The zero-order chi connectivity index (χ0) is 13.6. The van der Waals surface area contributed by atoms with Crippen LogP contribution in [0.1, 0.15) is 84.5 Å². The molecule has 0 aromatic rings. The first-order chi connectivity index (χ1) is 8.72. The molecule has 0 spiro atoms. The standard InChI is InChI=1S/C17H34S/c1-4-5-6-10-13-17(16(2)3)14-11-8-7-9-12-15-18/h17-18H,2,4-15H2,1,3H3. The normalized spacial score (nSPS) is 12.6. The van der Waals surface area contributed by atoms with Crippen LogP contribution in [0.15, 0.2) is 12.2 Å². The molecule has 1 heteroatoms. The Labute approximate surface area is 121 Å². The molecule has 0 N–H and O–H groups in total. The van der Waals surface area contributed by atoms with E-state index in [0.29, 0.717) is 0 Å². The van der Waals surface area contributed by atoms with E-state index in [0.717, 1.165) is 11.7 Å². The Bertz CT molecular complexity index is 186. The Kier molecular flexibility index (Phi) is 13.6. The van der Waals surface area contributed by atoms with Crippen molar-refractivity contribution in [3.8, 4) is 0 Å². The lowest BCUT2D eigenvalue weighted by Crippen LogP contribution is -2.02. The Balaban J connectivity index is 3.54. The Hall–Kier alpha value is 0.0900. The average Bonchev–Trinajstić information content (AvgIpc) is 2.35. The van der Waals surface area contributed by atoms with E-state index in [1.165, 1.54) is 76.2 Å². The minimum Gasteiger partial charge on any atom is -0.179 e. The number of rotatable bonds is 13. The summed E-state index contributed by atoms with van der Waals surface area (Å²) in [7, 11) is 0. The molecule has 0 fully saturated rings. The highest BCUT2D eigenvalue weighted by Crippen LogP contribution is 2.24. The van der Waals surface area contributed by atoms with Gasteiger partial charge in [-0.1, -0.05) is 70.4 Å². The van der Waals surface area contributed by atoms with Crippen LogP contribution in [-0.4, -0.2) is 5.75 Å². The van der Waals surface area contributed by atoms with Gasteiger partial charge in [0, 0.05) is 0 Å². The highest BCUT2D eigenvalue weighted by atomic mass is 32.1. The van der Waals surface area contributed by atoms with E-state index in [9.17, 15) is 0 Å². The van der Waals surface area contributed by atoms with Gasteiger partial charge < -0.3 is 0 Å². The van der Waals surface area contributed by atoms with E-state index in [1.54, 1.807) is 0 Å². The van der Waals surface area contributed by atoms with Crippen molar-refractivity contribution in [2.75, 3.05) is 5.75 Å². The molecule has 1 unspecified atom stereocenters. The number of allylic oxidation sites excluding steroid dienone is 1. The van der Waals surface area contributed by atoms with Gasteiger partial charge in [0.1, 0.15) is 0 Å². The van der Waals surface area contributed by atoms with Crippen LogP contribution in [0.25, 0.3) is 0 Å². The molecule has 0 radical (unpaired) electrons. The molecule has 0 nitrogen and oxygen atoms in total. The fourth-order valence-electron chi connectivity index (χ4n) is 2.49. The summed E-state index contributed by atoms with van der Waals surface area (Å²) in [5.74, 6) is 1.83. The second-order valence-corrected chi connectivity index (χ2v) is 6.12. The lowest BCUT2D eigenvalue weighted by atomic mass is 9.89. The summed E-state index contributed by atoms with van der Waals surface area (Å²) < 4.78 is 0. The van der Waals surface area contributed by atoms with Crippen molar-refractivity contribution < 1.29 is 0 Å². The number of thiol groups is 1. The second-order valence-electron chi connectivity index (χ2n) is 5.67. The van der Waals surface area contributed by atoms with Gasteiger partial charge in [0.25, 0.3) is 0 Å². The molecule has 18 heavy (non-hydrogen) atoms. The van der Waals surface area contributed by atoms with Crippen molar-refractivity contribution in [1.82, 2.24) is 0 Å². The molecular formula is C17H34S. The smallest absolute Gasteiger partial charge is 0.00979 e. The van der Waals surface area contributed by atoms with Crippen LogP contribution < -0.4 is 0 Å². The van der Waals surface area contributed by atoms with Crippen molar-refractivity contribution in [2.45, 2.75) is 84.5 Å². The molecule has 0 bridgehead atoms. The Morgan fingerprint density at radius 1 is 0.889 bits per heavy atom. The molecule has 0 aromatic heterocycles. The van der Waals surface area contributed by atoms with E-state index < -0.39 is 0 Å². The summed E-state index contributed by atoms with van der Waals surface area (Å²) in [6.07, 6.45) is 15.1. The summed E-state index contributed by atoms with van der Waals surface area (Å²) in [6.45, 7) is 8.67. The highest BCUT2D eigenvalue weighted by molar-refractivity contribution is 7.80. The first kappa shape index (κ1) is 18.1. The van der Waals surface area contributed by atoms with E-state index in [-0.39, 0.29) is 0 Å². The van der Waals surface area contributed by atoms with Crippen LogP contribution in [0.3, 0.4) is 0 Å². The first-order valence-corrected chi connectivity index (χ1v) is 8.61. The van der Waals surface area contributed by atoms with Crippen LogP contribution in [0.4, 0.5) is 0 Å². The minimum absolute atomic E-state index is 0.784. The third kappa shape index (κ3) is 11.2. The summed E-state index contributed by atoms with van der Waals surface area (Å²) in [4.78, 5) is 0. The summed E-state index contributed by atoms with van der Waals surface area (Å²) >= 11 is 4.25. The number of unbranched alkanes of at least 4 members (excludes halogenated alkanes) is 7. The van der Waals surface area contributed by atoms with Crippen molar-refractivity contribution in [2.24, 2.45) is 5.92 Å². The van der Waals surface area contributed by atoms with E-state index in [1.807, 2.05) is 0 Å². The molecule has 0 amide bonds. The quantitative estimate of drug-likeness (QED) is 0.223. The lowest BCUT2D eigenvalue weighted by Gasteiger charge is -2.16. The van der Waals surface area contributed by atoms with E-state index in [4.69, 9.17) is 0 Å². The average molecular weight is 271 g/mol. The Morgan fingerprint density at radius 2 is 1.39 bits per heavy atom. The van der Waals surface area contributed by atoms with E-state index in [2.05, 4.69) is 33.1 Å². The maximum atomic E-state index is 4.25. The van der Waals surface area contributed by atoms with Crippen LogP contribution in [0.5, 0.6) is 0 Å². The van der Waals surface area contributed by atoms with Crippen LogP contribution in [0, 0.1) is 5.92 Å². The van der Waals surface area contributed by atoms with Gasteiger partial charge in [-0.05, 0) is 37.9 Å². The maximum Gasteiger partial charge on any atom is -0.00979 e. The molecular weight excluding hydrogens is 236 g/mol. The fourth-order valence-corrected chi connectivity index (χ4v) is 2.71. The van der Waals surface area contributed by atoms with Gasteiger partial charge in [0.15, 0.2) is 0 Å². The summed E-state index contributed by atoms with van der Waals surface area (Å²) in [5.41, 5.74) is 1.40. The molecule has 0 rings (SSSR count). The number of hydrogen-bond donors (Lipinski definition) is 1. The van der Waals surface area contributed by atoms with Gasteiger partial charge in [-0.15, -0.1) is 0 Å². The highest BCUT2D eigenvalue weighted by Gasteiger charge is 2.08. The monoisotopic (exact) mass is 270 g/mol. The molecule has 0 aliphatic heterocycles. The van der Waals surface area contributed by atoms with Gasteiger partial charge in [0.05, 0.1) is 0 Å². The van der Waals surface area contributed by atoms with Crippen LogP contribution >= 0.6 is 12.6 Å². The van der Waals surface area contributed by atoms with Crippen molar-refractivity contribution >= 4 is 12.6 Å². The van der Waals surface area contributed by atoms with Gasteiger partial charge in [-0.3, -0.25) is 0 Å². The minimum atomic E-state index is 0.784. The lowest BCUT2D eigenvalue weighted by molar-refractivity contribution is 0.454. The van der Waals surface area contributed by atoms with Gasteiger partial charge in [-0.25, -0.2) is 0 Å². The number of hydrogen-bond acceptors (Lipinski definition) is 1. The summed E-state index contributed by atoms with van der Waals surface area (Å²) in [6, 6.07) is 0. The molecule has 0 aliphatic rings. The largest absolute Gasteiger partial charge is 0.179 e. The van der Waals surface area contributed by atoms with Crippen molar-refractivity contribution in [3.63, 3.8) is 0 Å². The van der Waals surface area contributed by atoms with Gasteiger partial charge in [0.2, 0.25) is 0 Å². The molecule has 0 saturated heterocycles. The predicted molar refractivity (Wildman–Crippen MR) is 88.6 cm³/mol. The molecule has 0 aliphatic carbocycles. The third-order valence-electron chi connectivity index (χ3n) is 3.81. The van der Waals surface area contributed by atoms with Crippen molar-refractivity contribution in [3.05, 3.63) is 12.2 Å². The molecule has 0 aromatic carbocycles. The van der Waals surface area contributed by atoms with Gasteiger partial charge in [-0.2, -0.15) is 12.6 Å². The second kappa shape index (κ2) is 13.5. The van der Waals surface area contributed by atoms with Gasteiger partial charge >= 0.3 is 0 Å². The van der Waals surface area contributed by atoms with Crippen LogP contribution in [-0.2, 0) is 0 Å². The zero-order valence-corrected chi connectivity index (χ0v) is 13.6. The third-order valence-corrected chi connectivity index (χ3v) is 4.13. The van der Waals surface area contributed by atoms with Crippen LogP contribution in [0.2, 0.25) is 0 Å². The molecule has 1 atom stereocenters. The molecule has 0 heterocycles. The topological polar surface area (TPSA) is 0 Å². The van der Waals surface area contributed by atoms with E-state index >= 15 is 0 Å². The maximum absolute atomic E-state index is 4.25. The zero-order valence-electron chi connectivity index (χ0n) is 12.7. The fraction of sp³-hybridized carbons (Fsp3) is 0.882. The first-order valence-electron chi connectivity index (χ1n) is 7.98. The van der Waals surface area contributed by atoms with Crippen molar-refractivity contribution in [1.29, 1.82) is 0 Å². The predicted octanol–water partition coefficient (Wildman–Crippen LogP) is 6.42. The SMILES string of the molecule is C=C(C)C(CCCCCC)CCCCCCCS. The Morgan fingerprint density at radius 3 is 1.89 bits per heavy atom. The molecule has 0 saturated carbocycles.